The molecule has 2 aromatic rings. The molecule has 24 heavy (non-hydrogen) atoms. The largest absolute Gasteiger partial charge is 0.368 e. The molecule has 0 spiro atoms. The van der Waals surface area contributed by atoms with Gasteiger partial charge in [0.25, 0.3) is 0 Å². The lowest BCUT2D eigenvalue weighted by atomic mass is 10.1. The lowest BCUT2D eigenvalue weighted by molar-refractivity contribution is -0.126. The van der Waals surface area contributed by atoms with E-state index in [2.05, 4.69) is 16.0 Å². The first-order valence-corrected chi connectivity index (χ1v) is 9.26. The van der Waals surface area contributed by atoms with Gasteiger partial charge < -0.3 is 9.64 Å². The minimum absolute atomic E-state index is 0.0279. The minimum atomic E-state index is -0.150. The first-order chi connectivity index (χ1) is 11.7. The molecule has 2 aliphatic rings. The molecule has 126 valence electrons. The quantitative estimate of drug-likeness (QED) is 0.859. The summed E-state index contributed by atoms with van der Waals surface area (Å²) in [6.07, 6.45) is 2.72. The third kappa shape index (κ3) is 2.85. The van der Waals surface area contributed by atoms with Gasteiger partial charge in [-0.3, -0.25) is 9.69 Å². The van der Waals surface area contributed by atoms with Gasteiger partial charge in [0.15, 0.2) is 0 Å². The maximum Gasteiger partial charge on any atom is 0.244 e. The molecule has 0 aliphatic carbocycles. The average Bonchev–Trinajstić information content (AvgIpc) is 3.30. The Bertz CT molecular complexity index is 719. The molecule has 5 nitrogen and oxygen atoms in total. The van der Waals surface area contributed by atoms with Crippen molar-refractivity contribution in [3.8, 4) is 0 Å². The summed E-state index contributed by atoms with van der Waals surface area (Å²) < 4.78 is 5.85. The van der Waals surface area contributed by atoms with E-state index in [1.807, 2.05) is 35.4 Å². The van der Waals surface area contributed by atoms with Crippen LogP contribution in [-0.4, -0.2) is 48.1 Å². The third-order valence-corrected chi connectivity index (χ3v) is 5.75. The molecule has 0 radical (unpaired) electrons. The number of rotatable bonds is 3. The van der Waals surface area contributed by atoms with Crippen molar-refractivity contribution in [1.82, 2.24) is 9.88 Å². The van der Waals surface area contributed by atoms with E-state index in [4.69, 9.17) is 4.74 Å². The van der Waals surface area contributed by atoms with Crippen molar-refractivity contribution in [2.24, 2.45) is 0 Å². The van der Waals surface area contributed by atoms with Crippen LogP contribution in [0.5, 0.6) is 0 Å². The lowest BCUT2D eigenvalue weighted by Gasteiger charge is -2.36. The number of ether oxygens (including phenoxy) is 1. The molecule has 0 bridgehead atoms. The molecule has 4 rings (SSSR count). The van der Waals surface area contributed by atoms with Crippen molar-refractivity contribution in [3.05, 3.63) is 46.4 Å². The van der Waals surface area contributed by atoms with E-state index in [-0.39, 0.29) is 18.1 Å². The number of aromatic nitrogens is 1. The first-order valence-electron chi connectivity index (χ1n) is 8.38. The summed E-state index contributed by atoms with van der Waals surface area (Å²) in [5.74, 6) is 0.180. The standard InChI is InChI=1S/C18H21N3O2S/c1-13(18(22)21-8-6-14-4-2-3-5-15(14)21)20-9-10-23-16(12-20)17-19-7-11-24-17/h2-5,7,11,13,16H,6,8-10,12H2,1H3/t13-,16-/m0/s1. The first kappa shape index (κ1) is 15.7. The monoisotopic (exact) mass is 343 g/mol. The van der Waals surface area contributed by atoms with Crippen LogP contribution in [-0.2, 0) is 16.0 Å². The summed E-state index contributed by atoms with van der Waals surface area (Å²) in [4.78, 5) is 21.5. The second-order valence-corrected chi connectivity index (χ2v) is 7.20. The zero-order valence-corrected chi connectivity index (χ0v) is 14.5. The molecule has 1 aromatic carbocycles. The van der Waals surface area contributed by atoms with Gasteiger partial charge in [-0.05, 0) is 25.0 Å². The van der Waals surface area contributed by atoms with Gasteiger partial charge in [-0.15, -0.1) is 11.3 Å². The topological polar surface area (TPSA) is 45.7 Å². The van der Waals surface area contributed by atoms with Crippen LogP contribution in [0, 0.1) is 0 Å². The predicted molar refractivity (Wildman–Crippen MR) is 94.3 cm³/mol. The fourth-order valence-corrected chi connectivity index (χ4v) is 4.19. The lowest BCUT2D eigenvalue weighted by Crippen LogP contribution is -2.51. The number of carbonyl (C=O) groups excluding carboxylic acids is 1. The number of hydrogen-bond acceptors (Lipinski definition) is 5. The van der Waals surface area contributed by atoms with Crippen LogP contribution in [0.15, 0.2) is 35.8 Å². The van der Waals surface area contributed by atoms with Crippen molar-refractivity contribution >= 4 is 22.9 Å². The Morgan fingerprint density at radius 3 is 3.08 bits per heavy atom. The number of fused-ring (bicyclic) bond motifs is 1. The van der Waals surface area contributed by atoms with Crippen LogP contribution in [0.2, 0.25) is 0 Å². The van der Waals surface area contributed by atoms with E-state index >= 15 is 0 Å². The summed E-state index contributed by atoms with van der Waals surface area (Å²) in [7, 11) is 0. The fraction of sp³-hybridized carbons (Fsp3) is 0.444. The summed E-state index contributed by atoms with van der Waals surface area (Å²) in [6, 6.07) is 8.05. The zero-order valence-electron chi connectivity index (χ0n) is 13.7. The van der Waals surface area contributed by atoms with Gasteiger partial charge in [-0.1, -0.05) is 18.2 Å². The number of carbonyl (C=O) groups is 1. The van der Waals surface area contributed by atoms with Crippen LogP contribution in [0.1, 0.15) is 23.6 Å². The Morgan fingerprint density at radius 2 is 2.25 bits per heavy atom. The van der Waals surface area contributed by atoms with Crippen molar-refractivity contribution in [2.45, 2.75) is 25.5 Å². The number of para-hydroxylation sites is 1. The van der Waals surface area contributed by atoms with Crippen LogP contribution >= 0.6 is 11.3 Å². The fourth-order valence-electron chi connectivity index (χ4n) is 3.51. The average molecular weight is 343 g/mol. The van der Waals surface area contributed by atoms with E-state index in [9.17, 15) is 4.79 Å². The highest BCUT2D eigenvalue weighted by Crippen LogP contribution is 2.30. The molecule has 1 saturated heterocycles. The Labute approximate surface area is 145 Å². The zero-order chi connectivity index (χ0) is 16.5. The Balaban J connectivity index is 1.47. The van der Waals surface area contributed by atoms with Gasteiger partial charge in [0, 0.05) is 36.9 Å². The highest BCUT2D eigenvalue weighted by Gasteiger charge is 2.34. The van der Waals surface area contributed by atoms with Gasteiger partial charge in [-0.2, -0.15) is 0 Å². The Hall–Kier alpha value is -1.76. The van der Waals surface area contributed by atoms with Crippen molar-refractivity contribution in [1.29, 1.82) is 0 Å². The van der Waals surface area contributed by atoms with Gasteiger partial charge in [0.05, 0.1) is 12.6 Å². The number of benzene rings is 1. The molecule has 0 N–H and O–H groups in total. The summed E-state index contributed by atoms with van der Waals surface area (Å²) in [5.41, 5.74) is 2.33. The van der Waals surface area contributed by atoms with Crippen LogP contribution in [0.25, 0.3) is 0 Å². The maximum atomic E-state index is 13.0. The Kier molecular flexibility index (Phi) is 4.35. The molecule has 6 heteroatoms. The smallest absolute Gasteiger partial charge is 0.244 e. The molecule has 2 aliphatic heterocycles. The molecule has 0 unspecified atom stereocenters. The molecule has 1 amide bonds. The van der Waals surface area contributed by atoms with Crippen LogP contribution in [0.4, 0.5) is 5.69 Å². The SMILES string of the molecule is C[C@@H](C(=O)N1CCc2ccccc21)N1CCO[C@H](c2nccs2)C1. The van der Waals surface area contributed by atoms with E-state index in [0.29, 0.717) is 6.61 Å². The van der Waals surface area contributed by atoms with Gasteiger partial charge in [0.1, 0.15) is 11.1 Å². The second-order valence-electron chi connectivity index (χ2n) is 6.27. The molecule has 3 heterocycles. The van der Waals surface area contributed by atoms with Crippen molar-refractivity contribution < 1.29 is 9.53 Å². The maximum absolute atomic E-state index is 13.0. The van der Waals surface area contributed by atoms with Crippen LogP contribution < -0.4 is 4.90 Å². The highest BCUT2D eigenvalue weighted by atomic mass is 32.1. The number of thiazole rings is 1. The second kappa shape index (κ2) is 6.63. The number of hydrogen-bond donors (Lipinski definition) is 0. The summed E-state index contributed by atoms with van der Waals surface area (Å²) in [5, 5.41) is 2.96. The van der Waals surface area contributed by atoms with Crippen LogP contribution in [0.3, 0.4) is 0 Å². The van der Waals surface area contributed by atoms with Gasteiger partial charge in [0.2, 0.25) is 5.91 Å². The normalized spacial score (nSPS) is 22.4. The van der Waals surface area contributed by atoms with Gasteiger partial charge in [-0.25, -0.2) is 4.98 Å². The molecule has 2 atom stereocenters. The highest BCUT2D eigenvalue weighted by molar-refractivity contribution is 7.09. The number of amides is 1. The number of anilines is 1. The molecule has 1 aromatic heterocycles. The molecule has 0 saturated carbocycles. The molecule has 1 fully saturated rings. The predicted octanol–water partition coefficient (Wildman–Crippen LogP) is 2.49. The van der Waals surface area contributed by atoms with E-state index in [0.717, 1.165) is 36.8 Å². The minimum Gasteiger partial charge on any atom is -0.368 e. The van der Waals surface area contributed by atoms with E-state index in [1.54, 1.807) is 17.5 Å². The third-order valence-electron chi connectivity index (χ3n) is 4.88. The summed E-state index contributed by atoms with van der Waals surface area (Å²) in [6.45, 7) is 4.93. The van der Waals surface area contributed by atoms with Gasteiger partial charge >= 0.3 is 0 Å². The van der Waals surface area contributed by atoms with E-state index < -0.39 is 0 Å². The Morgan fingerprint density at radius 1 is 1.38 bits per heavy atom. The van der Waals surface area contributed by atoms with E-state index in [1.165, 1.54) is 5.56 Å². The molecular formula is C18H21N3O2S. The number of morpholine rings is 1. The number of nitrogens with zero attached hydrogens (tertiary/aromatic N) is 3. The van der Waals surface area contributed by atoms with Crippen molar-refractivity contribution in [3.63, 3.8) is 0 Å². The van der Waals surface area contributed by atoms with Crippen molar-refractivity contribution in [2.75, 3.05) is 31.1 Å². The molecular weight excluding hydrogens is 322 g/mol. The summed E-state index contributed by atoms with van der Waals surface area (Å²) >= 11 is 1.61.